The first kappa shape index (κ1) is 10.9. The fourth-order valence-electron chi connectivity index (χ4n) is 1.85. The summed E-state index contributed by atoms with van der Waals surface area (Å²) >= 11 is 0. The zero-order valence-corrected chi connectivity index (χ0v) is 9.78. The molecule has 0 unspecified atom stereocenters. The Morgan fingerprint density at radius 3 is 2.44 bits per heavy atom. The van der Waals surface area contributed by atoms with Crippen molar-refractivity contribution in [2.24, 2.45) is 0 Å². The van der Waals surface area contributed by atoms with Crippen LogP contribution >= 0.6 is 0 Å². The molecule has 1 heterocycles. The summed E-state index contributed by atoms with van der Waals surface area (Å²) in [5.74, 6) is -0.502. The zero-order valence-electron chi connectivity index (χ0n) is 8.97. The molecule has 0 atom stereocenters. The van der Waals surface area contributed by atoms with E-state index in [2.05, 4.69) is 0 Å². The fourth-order valence-corrected chi connectivity index (χ4v) is 3.72. The highest BCUT2D eigenvalue weighted by molar-refractivity contribution is 7.90. The van der Waals surface area contributed by atoms with Gasteiger partial charge in [0.1, 0.15) is 4.90 Å². The van der Waals surface area contributed by atoms with Crippen LogP contribution in [0.1, 0.15) is 24.2 Å². The Kier molecular flexibility index (Phi) is 2.20. The molecule has 2 N–H and O–H groups in total. The number of hydrogen-bond donors (Lipinski definition) is 1. The molecule has 0 spiro atoms. The molecule has 0 saturated carbocycles. The van der Waals surface area contributed by atoms with Gasteiger partial charge in [0, 0.05) is 6.04 Å². The lowest BCUT2D eigenvalue weighted by Crippen LogP contribution is -2.36. The van der Waals surface area contributed by atoms with Gasteiger partial charge in [-0.2, -0.15) is 0 Å². The van der Waals surface area contributed by atoms with E-state index in [0.29, 0.717) is 0 Å². The number of nitrogen functional groups attached to an aromatic ring is 1. The Morgan fingerprint density at radius 2 is 1.94 bits per heavy atom. The van der Waals surface area contributed by atoms with Gasteiger partial charge in [-0.1, -0.05) is 6.07 Å². The predicted octanol–water partition coefficient (Wildman–Crippen LogP) is 0.822. The lowest BCUT2D eigenvalue weighted by molar-refractivity contribution is 0.0846. The van der Waals surface area contributed by atoms with Gasteiger partial charge in [0.05, 0.1) is 11.3 Å². The van der Waals surface area contributed by atoms with Crippen LogP contribution in [0.5, 0.6) is 0 Å². The molecule has 6 heteroatoms. The van der Waals surface area contributed by atoms with Crippen LogP contribution in [-0.2, 0) is 10.0 Å². The first-order valence-electron chi connectivity index (χ1n) is 4.84. The van der Waals surface area contributed by atoms with E-state index in [9.17, 15) is 13.2 Å². The molecule has 0 aliphatic carbocycles. The molecule has 1 amide bonds. The van der Waals surface area contributed by atoms with Crippen LogP contribution in [0.25, 0.3) is 0 Å². The molecule has 1 aliphatic rings. The monoisotopic (exact) mass is 240 g/mol. The molecule has 0 aromatic heterocycles. The minimum absolute atomic E-state index is 0.0614. The Balaban J connectivity index is 2.78. The van der Waals surface area contributed by atoms with Crippen LogP contribution in [0, 0.1) is 0 Å². The maximum Gasteiger partial charge on any atom is 0.269 e. The number of amides is 1. The van der Waals surface area contributed by atoms with Crippen molar-refractivity contribution in [3.05, 3.63) is 23.8 Å². The van der Waals surface area contributed by atoms with E-state index >= 15 is 0 Å². The van der Waals surface area contributed by atoms with Crippen molar-refractivity contribution in [3.8, 4) is 0 Å². The maximum absolute atomic E-state index is 12.1. The number of nitrogens with two attached hydrogens (primary N) is 1. The smallest absolute Gasteiger partial charge is 0.269 e. The van der Waals surface area contributed by atoms with Crippen molar-refractivity contribution in [1.82, 2.24) is 4.31 Å². The standard InChI is InChI=1S/C10H12N2O3S/c1-6(2)12-10(13)7-4-3-5-8(11)9(7)16(12,14)15/h3-6H,11H2,1-2H3. The molecular weight excluding hydrogens is 228 g/mol. The normalized spacial score (nSPS) is 17.9. The first-order valence-corrected chi connectivity index (χ1v) is 6.28. The number of sulfonamides is 1. The average molecular weight is 240 g/mol. The van der Waals surface area contributed by atoms with Crippen LogP contribution < -0.4 is 5.73 Å². The third kappa shape index (κ3) is 1.23. The largest absolute Gasteiger partial charge is 0.398 e. The Hall–Kier alpha value is -1.56. The topological polar surface area (TPSA) is 80.5 Å². The summed E-state index contributed by atoms with van der Waals surface area (Å²) in [6, 6.07) is 4.12. The second kappa shape index (κ2) is 3.21. The molecule has 1 aromatic carbocycles. The van der Waals surface area contributed by atoms with E-state index in [1.165, 1.54) is 12.1 Å². The van der Waals surface area contributed by atoms with Crippen molar-refractivity contribution in [1.29, 1.82) is 0 Å². The summed E-state index contributed by atoms with van der Waals surface area (Å²) in [7, 11) is -3.77. The van der Waals surface area contributed by atoms with Gasteiger partial charge in [0.15, 0.2) is 0 Å². The van der Waals surface area contributed by atoms with Crippen molar-refractivity contribution in [3.63, 3.8) is 0 Å². The fraction of sp³-hybridized carbons (Fsp3) is 0.300. The molecule has 0 saturated heterocycles. The third-order valence-electron chi connectivity index (χ3n) is 2.46. The highest BCUT2D eigenvalue weighted by Gasteiger charge is 2.43. The lowest BCUT2D eigenvalue weighted by atomic mass is 10.2. The highest BCUT2D eigenvalue weighted by Crippen LogP contribution is 2.35. The van der Waals surface area contributed by atoms with Crippen LogP contribution in [0.3, 0.4) is 0 Å². The van der Waals surface area contributed by atoms with Gasteiger partial charge < -0.3 is 5.73 Å². The van der Waals surface area contributed by atoms with E-state index in [0.717, 1.165) is 4.31 Å². The SMILES string of the molecule is CC(C)N1C(=O)c2cccc(N)c2S1(=O)=O. The van der Waals surface area contributed by atoms with Gasteiger partial charge in [0.25, 0.3) is 15.9 Å². The number of hydrogen-bond acceptors (Lipinski definition) is 4. The summed E-state index contributed by atoms with van der Waals surface area (Å²) in [6.07, 6.45) is 0. The van der Waals surface area contributed by atoms with Crippen molar-refractivity contribution in [2.75, 3.05) is 5.73 Å². The molecule has 16 heavy (non-hydrogen) atoms. The molecule has 1 aliphatic heterocycles. The van der Waals surface area contributed by atoms with Gasteiger partial charge in [-0.25, -0.2) is 12.7 Å². The Bertz CT molecular complexity index is 563. The average Bonchev–Trinajstić information content (AvgIpc) is 2.35. The number of benzene rings is 1. The first-order chi connectivity index (χ1) is 7.37. The molecule has 1 aromatic rings. The van der Waals surface area contributed by atoms with E-state index in [4.69, 9.17) is 5.73 Å². The zero-order chi connectivity index (χ0) is 12.1. The molecule has 0 radical (unpaired) electrons. The van der Waals surface area contributed by atoms with Gasteiger partial charge in [-0.3, -0.25) is 4.79 Å². The third-order valence-corrected chi connectivity index (χ3v) is 4.54. The van der Waals surface area contributed by atoms with Gasteiger partial charge >= 0.3 is 0 Å². The van der Waals surface area contributed by atoms with Gasteiger partial charge in [-0.05, 0) is 26.0 Å². The molecule has 5 nitrogen and oxygen atoms in total. The van der Waals surface area contributed by atoms with Crippen molar-refractivity contribution >= 4 is 21.6 Å². The number of anilines is 1. The summed E-state index contributed by atoms with van der Waals surface area (Å²) in [5, 5.41) is 0. The summed E-state index contributed by atoms with van der Waals surface area (Å²) in [5.41, 5.74) is 5.89. The Labute approximate surface area is 93.9 Å². The number of carbonyl (C=O) groups excluding carboxylic acids is 1. The highest BCUT2D eigenvalue weighted by atomic mass is 32.2. The predicted molar refractivity (Wildman–Crippen MR) is 59.3 cm³/mol. The van der Waals surface area contributed by atoms with Crippen molar-refractivity contribution in [2.45, 2.75) is 24.8 Å². The molecule has 0 fully saturated rings. The quantitative estimate of drug-likeness (QED) is 0.737. The number of carbonyl (C=O) groups is 1. The van der Waals surface area contributed by atoms with Crippen LogP contribution in [0.2, 0.25) is 0 Å². The lowest BCUT2D eigenvalue weighted by Gasteiger charge is -2.19. The van der Waals surface area contributed by atoms with E-state index in [1.807, 2.05) is 0 Å². The van der Waals surface area contributed by atoms with Crippen molar-refractivity contribution < 1.29 is 13.2 Å². The molecule has 2 rings (SSSR count). The Morgan fingerprint density at radius 1 is 1.31 bits per heavy atom. The van der Waals surface area contributed by atoms with Crippen LogP contribution in [0.4, 0.5) is 5.69 Å². The van der Waals surface area contributed by atoms with E-state index in [-0.39, 0.29) is 16.1 Å². The van der Waals surface area contributed by atoms with E-state index < -0.39 is 22.0 Å². The number of rotatable bonds is 1. The number of nitrogens with zero attached hydrogens (tertiary/aromatic N) is 1. The summed E-state index contributed by atoms with van der Waals surface area (Å²) in [4.78, 5) is 11.8. The van der Waals surface area contributed by atoms with Gasteiger partial charge in [-0.15, -0.1) is 0 Å². The maximum atomic E-state index is 12.1. The minimum atomic E-state index is -3.77. The van der Waals surface area contributed by atoms with Crippen LogP contribution in [-0.4, -0.2) is 24.7 Å². The summed E-state index contributed by atoms with van der Waals surface area (Å²) in [6.45, 7) is 3.30. The second-order valence-electron chi connectivity index (χ2n) is 3.92. The number of fused-ring (bicyclic) bond motifs is 1. The van der Waals surface area contributed by atoms with E-state index in [1.54, 1.807) is 19.9 Å². The van der Waals surface area contributed by atoms with Crippen LogP contribution in [0.15, 0.2) is 23.1 Å². The summed E-state index contributed by atoms with van der Waals surface area (Å²) < 4.78 is 25.0. The molecule has 0 bridgehead atoms. The minimum Gasteiger partial charge on any atom is -0.398 e. The molecular formula is C10H12N2O3S. The van der Waals surface area contributed by atoms with Gasteiger partial charge in [0.2, 0.25) is 0 Å². The molecule has 86 valence electrons. The second-order valence-corrected chi connectivity index (χ2v) is 5.68.